The van der Waals surface area contributed by atoms with Gasteiger partial charge in [0.05, 0.1) is 118 Å². The van der Waals surface area contributed by atoms with Gasteiger partial charge in [0.2, 0.25) is 0 Å². The van der Waals surface area contributed by atoms with E-state index in [1.54, 1.807) is 12.1 Å². The number of hydrogen-bond donors (Lipinski definition) is 1. The summed E-state index contributed by atoms with van der Waals surface area (Å²) < 4.78 is 54.5. The maximum Gasteiger partial charge on any atom is 0.119 e. The van der Waals surface area contributed by atoms with Crippen molar-refractivity contribution in [1.29, 1.82) is 0 Å². The van der Waals surface area contributed by atoms with Crippen molar-refractivity contribution in [2.24, 2.45) is 0 Å². The van der Waals surface area contributed by atoms with Crippen LogP contribution >= 0.6 is 0 Å². The molecule has 38 heavy (non-hydrogen) atoms. The standard InChI is InChI=1S/C27H49NO10/c1-25(2)37-23-21-35-19-17-33-15-13-31-11-9-29-7-8-30-10-12-32-14-16-34-18-20-36-22-24-38-27-5-3-26(28)4-6-27/h3-6,25H,7-24,28H2,1-2H3. The molecule has 0 aromatic heterocycles. The number of hydrogen-bond acceptors (Lipinski definition) is 11. The maximum absolute atomic E-state index is 5.63. The van der Waals surface area contributed by atoms with Gasteiger partial charge >= 0.3 is 0 Å². The zero-order valence-corrected chi connectivity index (χ0v) is 23.3. The monoisotopic (exact) mass is 547 g/mol. The van der Waals surface area contributed by atoms with E-state index in [0.717, 1.165) is 5.75 Å². The van der Waals surface area contributed by atoms with Crippen LogP contribution < -0.4 is 10.5 Å². The molecule has 11 nitrogen and oxygen atoms in total. The fourth-order valence-electron chi connectivity index (χ4n) is 2.77. The lowest BCUT2D eigenvalue weighted by Crippen LogP contribution is -2.15. The number of benzene rings is 1. The van der Waals surface area contributed by atoms with Crippen molar-refractivity contribution in [2.75, 3.05) is 125 Å². The largest absolute Gasteiger partial charge is 0.491 e. The Bertz CT molecular complexity index is 606. The van der Waals surface area contributed by atoms with Gasteiger partial charge in [-0.2, -0.15) is 0 Å². The van der Waals surface area contributed by atoms with E-state index < -0.39 is 0 Å². The van der Waals surface area contributed by atoms with Gasteiger partial charge in [0, 0.05) is 5.69 Å². The molecular formula is C27H49NO10. The summed E-state index contributed by atoms with van der Waals surface area (Å²) in [5, 5.41) is 0. The predicted octanol–water partition coefficient (Wildman–Crippen LogP) is 2.21. The van der Waals surface area contributed by atoms with Gasteiger partial charge in [-0.15, -0.1) is 0 Å². The molecule has 0 aliphatic rings. The Labute approximate surface area is 228 Å². The van der Waals surface area contributed by atoms with E-state index in [1.807, 2.05) is 26.0 Å². The second-order valence-corrected chi connectivity index (χ2v) is 8.24. The first kappa shape index (κ1) is 34.5. The highest BCUT2D eigenvalue weighted by Gasteiger charge is 1.97. The van der Waals surface area contributed by atoms with E-state index in [9.17, 15) is 0 Å². The molecule has 0 saturated carbocycles. The lowest BCUT2D eigenvalue weighted by molar-refractivity contribution is -0.0271. The van der Waals surface area contributed by atoms with Gasteiger partial charge in [0.15, 0.2) is 0 Å². The van der Waals surface area contributed by atoms with Crippen LogP contribution in [0.2, 0.25) is 0 Å². The molecule has 1 aromatic rings. The lowest BCUT2D eigenvalue weighted by atomic mass is 10.3. The van der Waals surface area contributed by atoms with Crippen LogP contribution in [0.5, 0.6) is 5.75 Å². The van der Waals surface area contributed by atoms with Crippen molar-refractivity contribution in [1.82, 2.24) is 0 Å². The molecule has 0 fully saturated rings. The first-order valence-electron chi connectivity index (χ1n) is 13.4. The molecule has 1 aromatic carbocycles. The van der Waals surface area contributed by atoms with Gasteiger partial charge in [0.1, 0.15) is 12.4 Å². The van der Waals surface area contributed by atoms with Gasteiger partial charge in [0.25, 0.3) is 0 Å². The molecule has 0 unspecified atom stereocenters. The van der Waals surface area contributed by atoms with Crippen molar-refractivity contribution in [3.05, 3.63) is 24.3 Å². The molecule has 0 aliphatic heterocycles. The van der Waals surface area contributed by atoms with Crippen LogP contribution in [0.4, 0.5) is 5.69 Å². The number of nitrogens with two attached hydrogens (primary N) is 1. The fourth-order valence-corrected chi connectivity index (χ4v) is 2.77. The van der Waals surface area contributed by atoms with E-state index in [0.29, 0.717) is 125 Å². The summed E-state index contributed by atoms with van der Waals surface area (Å²) in [6.45, 7) is 13.5. The first-order chi connectivity index (χ1) is 18.7. The van der Waals surface area contributed by atoms with Crippen LogP contribution in [0.1, 0.15) is 13.8 Å². The first-order valence-corrected chi connectivity index (χ1v) is 13.4. The third kappa shape index (κ3) is 24.8. The van der Waals surface area contributed by atoms with Crippen molar-refractivity contribution < 1.29 is 47.4 Å². The number of ether oxygens (including phenoxy) is 10. The van der Waals surface area contributed by atoms with Crippen LogP contribution in [-0.2, 0) is 42.6 Å². The molecule has 0 amide bonds. The summed E-state index contributed by atoms with van der Waals surface area (Å²) in [5.41, 5.74) is 6.34. The Hall–Kier alpha value is -1.54. The van der Waals surface area contributed by atoms with Crippen molar-refractivity contribution in [3.63, 3.8) is 0 Å². The highest BCUT2D eigenvalue weighted by molar-refractivity contribution is 5.41. The van der Waals surface area contributed by atoms with E-state index in [2.05, 4.69) is 0 Å². The summed E-state index contributed by atoms with van der Waals surface area (Å²) in [7, 11) is 0. The average Bonchev–Trinajstić information content (AvgIpc) is 2.91. The minimum atomic E-state index is 0.233. The second kappa shape index (κ2) is 27.0. The van der Waals surface area contributed by atoms with E-state index in [4.69, 9.17) is 53.1 Å². The third-order valence-corrected chi connectivity index (χ3v) is 4.66. The minimum absolute atomic E-state index is 0.233. The Morgan fingerprint density at radius 1 is 0.447 bits per heavy atom. The molecule has 2 N–H and O–H groups in total. The number of anilines is 1. The van der Waals surface area contributed by atoms with Crippen LogP contribution in [0.25, 0.3) is 0 Å². The van der Waals surface area contributed by atoms with E-state index in [-0.39, 0.29) is 6.10 Å². The number of nitrogen functional groups attached to an aromatic ring is 1. The molecule has 0 saturated heterocycles. The Balaban J connectivity index is 1.65. The predicted molar refractivity (Wildman–Crippen MR) is 144 cm³/mol. The molecule has 11 heteroatoms. The molecule has 1 rings (SSSR count). The quantitative estimate of drug-likeness (QED) is 0.117. The zero-order valence-electron chi connectivity index (χ0n) is 23.3. The topological polar surface area (TPSA) is 118 Å². The smallest absolute Gasteiger partial charge is 0.119 e. The molecule has 0 bridgehead atoms. The average molecular weight is 548 g/mol. The number of rotatable bonds is 29. The molecule has 0 atom stereocenters. The molecule has 0 spiro atoms. The zero-order chi connectivity index (χ0) is 27.4. The van der Waals surface area contributed by atoms with Crippen molar-refractivity contribution in [3.8, 4) is 5.75 Å². The summed E-state index contributed by atoms with van der Waals surface area (Å²) in [6.07, 6.45) is 0.233. The fraction of sp³-hybridized carbons (Fsp3) is 0.778. The van der Waals surface area contributed by atoms with E-state index in [1.165, 1.54) is 0 Å². The summed E-state index contributed by atoms with van der Waals surface area (Å²) in [6, 6.07) is 7.27. The van der Waals surface area contributed by atoms with Crippen molar-refractivity contribution in [2.45, 2.75) is 20.0 Å². The molecular weight excluding hydrogens is 498 g/mol. The van der Waals surface area contributed by atoms with Crippen LogP contribution in [0.15, 0.2) is 24.3 Å². The van der Waals surface area contributed by atoms with Crippen molar-refractivity contribution >= 4 is 5.69 Å². The lowest BCUT2D eigenvalue weighted by Gasteiger charge is -2.09. The van der Waals surface area contributed by atoms with Crippen LogP contribution in [-0.4, -0.2) is 125 Å². The van der Waals surface area contributed by atoms with Gasteiger partial charge in [-0.1, -0.05) is 0 Å². The Morgan fingerprint density at radius 2 is 0.737 bits per heavy atom. The maximum atomic E-state index is 5.63. The minimum Gasteiger partial charge on any atom is -0.491 e. The molecule has 0 heterocycles. The molecule has 0 radical (unpaired) electrons. The summed E-state index contributed by atoms with van der Waals surface area (Å²) in [4.78, 5) is 0. The van der Waals surface area contributed by atoms with E-state index >= 15 is 0 Å². The third-order valence-electron chi connectivity index (χ3n) is 4.66. The Kier molecular flexibility index (Phi) is 24.5. The highest BCUT2D eigenvalue weighted by atomic mass is 16.6. The van der Waals surface area contributed by atoms with Gasteiger partial charge in [-0.25, -0.2) is 0 Å². The highest BCUT2D eigenvalue weighted by Crippen LogP contribution is 2.12. The molecule has 222 valence electrons. The Morgan fingerprint density at radius 3 is 1.05 bits per heavy atom. The van der Waals surface area contributed by atoms with Gasteiger partial charge < -0.3 is 53.1 Å². The van der Waals surface area contributed by atoms with Gasteiger partial charge in [-0.3, -0.25) is 0 Å². The summed E-state index contributed by atoms with van der Waals surface area (Å²) in [5.74, 6) is 0.775. The summed E-state index contributed by atoms with van der Waals surface area (Å²) >= 11 is 0. The SMILES string of the molecule is CC(C)OCCOCCOCCOCCOCCOCCOCCOCCOCCOc1ccc(N)cc1. The van der Waals surface area contributed by atoms with Crippen LogP contribution in [0.3, 0.4) is 0 Å². The molecule has 0 aliphatic carbocycles. The normalized spacial score (nSPS) is 11.4. The second-order valence-electron chi connectivity index (χ2n) is 8.24. The van der Waals surface area contributed by atoms with Crippen LogP contribution in [0, 0.1) is 0 Å². The van der Waals surface area contributed by atoms with Gasteiger partial charge in [-0.05, 0) is 38.1 Å².